The van der Waals surface area contributed by atoms with Gasteiger partial charge in [0.25, 0.3) is 0 Å². The summed E-state index contributed by atoms with van der Waals surface area (Å²) < 4.78 is 27.4. The molecule has 0 aliphatic carbocycles. The number of hydrogen-bond donors (Lipinski definition) is 0. The normalized spacial score (nSPS) is 20.2. The van der Waals surface area contributed by atoms with Crippen LogP contribution in [-0.2, 0) is 27.5 Å². The summed E-state index contributed by atoms with van der Waals surface area (Å²) in [7, 11) is -2.82. The lowest BCUT2D eigenvalue weighted by atomic mass is 9.99. The van der Waals surface area contributed by atoms with Gasteiger partial charge in [-0.15, -0.1) is 0 Å². The molecule has 1 aromatic heterocycles. The molecule has 0 spiro atoms. The number of rotatable bonds is 4. The van der Waals surface area contributed by atoms with Crippen LogP contribution in [0.25, 0.3) is 0 Å². The van der Waals surface area contributed by atoms with Crippen LogP contribution >= 0.6 is 0 Å². The fourth-order valence-electron chi connectivity index (χ4n) is 1.93. The van der Waals surface area contributed by atoms with Crippen molar-refractivity contribution >= 4 is 16.1 Å². The van der Waals surface area contributed by atoms with Gasteiger partial charge in [-0.05, 0) is 18.8 Å². The Hall–Kier alpha value is -1.24. The number of carbonyl (C=O) groups is 1. The van der Waals surface area contributed by atoms with Crippen molar-refractivity contribution in [2.75, 3.05) is 11.5 Å². The molecule has 0 atom stereocenters. The summed E-state index contributed by atoms with van der Waals surface area (Å²) in [6, 6.07) is 0. The fraction of sp³-hybridized carbons (Fsp3) is 0.700. The largest absolute Gasteiger partial charge is 0.339 e. The number of aldehydes is 1. The van der Waals surface area contributed by atoms with Gasteiger partial charge in [-0.1, -0.05) is 5.16 Å². The minimum atomic E-state index is -2.82. The van der Waals surface area contributed by atoms with Gasteiger partial charge in [0.05, 0.1) is 17.9 Å². The van der Waals surface area contributed by atoms with Gasteiger partial charge < -0.3 is 9.32 Å². The third-order valence-corrected chi connectivity index (χ3v) is 4.63. The maximum atomic E-state index is 11.2. The zero-order chi connectivity index (χ0) is 12.3. The summed E-state index contributed by atoms with van der Waals surface area (Å²) in [5.74, 6) is 1.66. The van der Waals surface area contributed by atoms with Gasteiger partial charge in [0.1, 0.15) is 16.1 Å². The summed E-state index contributed by atoms with van der Waals surface area (Å²) in [6.45, 7) is 0. The van der Waals surface area contributed by atoms with Crippen LogP contribution < -0.4 is 0 Å². The van der Waals surface area contributed by atoms with Crippen molar-refractivity contribution < 1.29 is 17.7 Å². The van der Waals surface area contributed by atoms with Crippen LogP contribution in [0, 0.1) is 5.92 Å². The molecule has 6 nitrogen and oxygen atoms in total. The molecule has 0 saturated carbocycles. The molecule has 1 saturated heterocycles. The first-order valence-electron chi connectivity index (χ1n) is 5.54. The molecule has 0 unspecified atom stereocenters. The first kappa shape index (κ1) is 12.2. The van der Waals surface area contributed by atoms with E-state index < -0.39 is 9.84 Å². The molecule has 94 valence electrons. The molecule has 17 heavy (non-hydrogen) atoms. The molecule has 1 aromatic rings. The topological polar surface area (TPSA) is 90.1 Å². The average Bonchev–Trinajstić information content (AvgIpc) is 2.70. The van der Waals surface area contributed by atoms with E-state index in [9.17, 15) is 13.2 Å². The van der Waals surface area contributed by atoms with Crippen LogP contribution in [0.3, 0.4) is 0 Å². The van der Waals surface area contributed by atoms with Crippen molar-refractivity contribution in [3.8, 4) is 0 Å². The second-order valence-electron chi connectivity index (χ2n) is 4.27. The van der Waals surface area contributed by atoms with Crippen molar-refractivity contribution in [3.05, 3.63) is 11.7 Å². The minimum absolute atomic E-state index is 0.131. The Balaban J connectivity index is 1.90. The highest BCUT2D eigenvalue weighted by atomic mass is 32.2. The van der Waals surface area contributed by atoms with E-state index in [1.807, 2.05) is 0 Å². The highest BCUT2D eigenvalue weighted by Crippen LogP contribution is 2.21. The molecule has 7 heteroatoms. The van der Waals surface area contributed by atoms with E-state index in [0.717, 1.165) is 0 Å². The third-order valence-electron chi connectivity index (χ3n) is 2.91. The molecule has 0 bridgehead atoms. The number of sulfone groups is 1. The van der Waals surface area contributed by atoms with Gasteiger partial charge in [-0.25, -0.2) is 8.42 Å². The number of hydrogen-bond acceptors (Lipinski definition) is 6. The lowest BCUT2D eigenvalue weighted by Crippen LogP contribution is -2.24. The van der Waals surface area contributed by atoms with Crippen LogP contribution in [0.15, 0.2) is 4.52 Å². The lowest BCUT2D eigenvalue weighted by molar-refractivity contribution is -0.107. The van der Waals surface area contributed by atoms with Crippen molar-refractivity contribution in [1.29, 1.82) is 0 Å². The standard InChI is InChI=1S/C10H14N2O4S/c13-4-1-10-11-9(12-16-10)7-8-2-5-17(14,15)6-3-8/h4,8H,1-3,5-7H2. The second-order valence-corrected chi connectivity index (χ2v) is 6.58. The predicted octanol–water partition coefficient (Wildman–Crippen LogP) is 0.178. The van der Waals surface area contributed by atoms with Gasteiger partial charge in [-0.2, -0.15) is 4.98 Å². The van der Waals surface area contributed by atoms with Gasteiger partial charge in [0.15, 0.2) is 5.82 Å². The second kappa shape index (κ2) is 4.95. The fourth-order valence-corrected chi connectivity index (χ4v) is 3.52. The molecule has 1 aliphatic heterocycles. The quantitative estimate of drug-likeness (QED) is 0.715. The first-order valence-corrected chi connectivity index (χ1v) is 7.37. The molecular weight excluding hydrogens is 244 g/mol. The molecule has 0 N–H and O–H groups in total. The Morgan fingerprint density at radius 2 is 2.06 bits per heavy atom. The van der Waals surface area contributed by atoms with Crippen LogP contribution in [0.4, 0.5) is 0 Å². The first-order chi connectivity index (χ1) is 8.09. The van der Waals surface area contributed by atoms with Crippen LogP contribution in [0.2, 0.25) is 0 Å². The van der Waals surface area contributed by atoms with Crippen molar-refractivity contribution in [2.24, 2.45) is 5.92 Å². The van der Waals surface area contributed by atoms with E-state index in [1.165, 1.54) is 0 Å². The molecule has 2 heterocycles. The van der Waals surface area contributed by atoms with Crippen LogP contribution in [-0.4, -0.2) is 36.4 Å². The summed E-state index contributed by atoms with van der Waals surface area (Å²) >= 11 is 0. The predicted molar refractivity (Wildman–Crippen MR) is 59.1 cm³/mol. The average molecular weight is 258 g/mol. The SMILES string of the molecule is O=CCc1nc(CC2CCS(=O)(=O)CC2)no1. The van der Waals surface area contributed by atoms with Crippen molar-refractivity contribution in [2.45, 2.75) is 25.7 Å². The van der Waals surface area contributed by atoms with Gasteiger partial charge >= 0.3 is 0 Å². The molecule has 0 radical (unpaired) electrons. The van der Waals surface area contributed by atoms with E-state index >= 15 is 0 Å². The van der Waals surface area contributed by atoms with Crippen LogP contribution in [0.5, 0.6) is 0 Å². The maximum Gasteiger partial charge on any atom is 0.233 e. The van der Waals surface area contributed by atoms with Crippen molar-refractivity contribution in [1.82, 2.24) is 10.1 Å². The Kier molecular flexibility index (Phi) is 3.56. The highest BCUT2D eigenvalue weighted by Gasteiger charge is 2.24. The zero-order valence-electron chi connectivity index (χ0n) is 9.33. The summed E-state index contributed by atoms with van der Waals surface area (Å²) in [5, 5.41) is 3.77. The number of nitrogens with zero attached hydrogens (tertiary/aromatic N) is 2. The monoisotopic (exact) mass is 258 g/mol. The van der Waals surface area contributed by atoms with E-state index in [1.54, 1.807) is 0 Å². The van der Waals surface area contributed by atoms with Crippen LogP contribution in [0.1, 0.15) is 24.6 Å². The molecule has 1 aliphatic rings. The Morgan fingerprint density at radius 3 is 2.71 bits per heavy atom. The molecule has 1 fully saturated rings. The minimum Gasteiger partial charge on any atom is -0.339 e. The summed E-state index contributed by atoms with van der Waals surface area (Å²) in [4.78, 5) is 14.3. The third kappa shape index (κ3) is 3.36. The Morgan fingerprint density at radius 1 is 1.35 bits per heavy atom. The summed E-state index contributed by atoms with van der Waals surface area (Å²) in [6.07, 6.45) is 2.77. The molecular formula is C10H14N2O4S. The van der Waals surface area contributed by atoms with E-state index in [4.69, 9.17) is 4.52 Å². The van der Waals surface area contributed by atoms with E-state index in [0.29, 0.717) is 43.2 Å². The summed E-state index contributed by atoms with van der Waals surface area (Å²) in [5.41, 5.74) is 0. The number of aromatic nitrogens is 2. The van der Waals surface area contributed by atoms with Gasteiger partial charge in [-0.3, -0.25) is 0 Å². The van der Waals surface area contributed by atoms with Crippen molar-refractivity contribution in [3.63, 3.8) is 0 Å². The molecule has 0 aromatic carbocycles. The molecule has 0 amide bonds. The smallest absolute Gasteiger partial charge is 0.233 e. The van der Waals surface area contributed by atoms with E-state index in [-0.39, 0.29) is 17.9 Å². The number of carbonyl (C=O) groups excluding carboxylic acids is 1. The molecule has 2 rings (SSSR count). The lowest BCUT2D eigenvalue weighted by Gasteiger charge is -2.20. The Labute approximate surface area is 99.3 Å². The highest BCUT2D eigenvalue weighted by molar-refractivity contribution is 7.91. The zero-order valence-corrected chi connectivity index (χ0v) is 10.1. The Bertz CT molecular complexity index is 480. The van der Waals surface area contributed by atoms with Gasteiger partial charge in [0.2, 0.25) is 5.89 Å². The maximum absolute atomic E-state index is 11.2. The van der Waals surface area contributed by atoms with E-state index in [2.05, 4.69) is 10.1 Å². The van der Waals surface area contributed by atoms with Gasteiger partial charge in [0, 0.05) is 6.42 Å².